The van der Waals surface area contributed by atoms with Gasteiger partial charge in [0.25, 0.3) is 0 Å². The predicted octanol–water partition coefficient (Wildman–Crippen LogP) is 4.28. The second kappa shape index (κ2) is 9.90. The molecule has 1 saturated heterocycles. The van der Waals surface area contributed by atoms with E-state index in [1.165, 1.54) is 34.9 Å². The molecule has 1 aliphatic heterocycles. The van der Waals surface area contributed by atoms with Gasteiger partial charge in [0.05, 0.1) is 4.90 Å². The van der Waals surface area contributed by atoms with Crippen LogP contribution in [0.5, 0.6) is 0 Å². The lowest BCUT2D eigenvalue weighted by atomic mass is 9.97. The van der Waals surface area contributed by atoms with Gasteiger partial charge in [-0.3, -0.25) is 4.79 Å². The fourth-order valence-corrected chi connectivity index (χ4v) is 5.84. The quantitative estimate of drug-likeness (QED) is 0.664. The van der Waals surface area contributed by atoms with E-state index in [4.69, 9.17) is 11.6 Å². The lowest BCUT2D eigenvalue weighted by Gasteiger charge is -2.34. The first-order valence-corrected chi connectivity index (χ1v) is 12.0. The molecule has 1 amide bonds. The molecule has 1 aromatic rings. The maximum Gasteiger partial charge on any atom is 0.243 e. The minimum absolute atomic E-state index is 0.0698. The number of benzene rings is 1. The third-order valence-corrected chi connectivity index (χ3v) is 7.79. The molecule has 0 spiro atoms. The van der Waals surface area contributed by atoms with Gasteiger partial charge in [-0.15, -0.1) is 0 Å². The van der Waals surface area contributed by atoms with Gasteiger partial charge in [-0.2, -0.15) is 4.31 Å². The number of piperidine rings is 1. The standard InChI is InChI=1S/C21H29ClN2O3S/c22-18-9-11-20(12-10-18)28(26,27)24-15-5-4-8-19(24)16-21(25)23-14-13-17-6-2-1-3-7-17/h6,9-12,19H,1-5,7-8,13-16H2,(H,23,25)/t19-/m0/s1. The number of carbonyl (C=O) groups is 1. The van der Waals surface area contributed by atoms with Gasteiger partial charge < -0.3 is 5.32 Å². The smallest absolute Gasteiger partial charge is 0.243 e. The molecule has 28 heavy (non-hydrogen) atoms. The number of hydrogen-bond acceptors (Lipinski definition) is 3. The van der Waals surface area contributed by atoms with E-state index in [1.807, 2.05) is 0 Å². The van der Waals surface area contributed by atoms with Crippen molar-refractivity contribution in [1.29, 1.82) is 0 Å². The summed E-state index contributed by atoms with van der Waals surface area (Å²) in [6.45, 7) is 1.08. The van der Waals surface area contributed by atoms with Gasteiger partial charge in [0.15, 0.2) is 0 Å². The Labute approximate surface area is 173 Å². The highest BCUT2D eigenvalue weighted by Gasteiger charge is 2.34. The minimum Gasteiger partial charge on any atom is -0.356 e. The second-order valence-corrected chi connectivity index (χ2v) is 9.96. The number of amides is 1. The van der Waals surface area contributed by atoms with Crippen LogP contribution in [0.15, 0.2) is 40.8 Å². The largest absolute Gasteiger partial charge is 0.356 e. The van der Waals surface area contributed by atoms with Gasteiger partial charge in [-0.25, -0.2) is 8.42 Å². The maximum absolute atomic E-state index is 13.1. The van der Waals surface area contributed by atoms with E-state index in [-0.39, 0.29) is 23.3 Å². The van der Waals surface area contributed by atoms with Crippen LogP contribution in [0.2, 0.25) is 5.02 Å². The topological polar surface area (TPSA) is 66.5 Å². The first-order chi connectivity index (χ1) is 13.5. The molecule has 1 aromatic carbocycles. The molecule has 1 heterocycles. The number of allylic oxidation sites excluding steroid dienone is 1. The first kappa shape index (κ1) is 21.3. The van der Waals surface area contributed by atoms with Crippen molar-refractivity contribution in [3.63, 3.8) is 0 Å². The third-order valence-electron chi connectivity index (χ3n) is 5.57. The Bertz CT molecular complexity index is 805. The van der Waals surface area contributed by atoms with Crippen LogP contribution in [-0.2, 0) is 14.8 Å². The number of nitrogens with one attached hydrogen (secondary N) is 1. The number of hydrogen-bond donors (Lipinski definition) is 1. The van der Waals surface area contributed by atoms with Gasteiger partial charge in [0.1, 0.15) is 0 Å². The van der Waals surface area contributed by atoms with Crippen LogP contribution < -0.4 is 5.32 Å². The van der Waals surface area contributed by atoms with Crippen LogP contribution in [0.25, 0.3) is 0 Å². The highest BCUT2D eigenvalue weighted by molar-refractivity contribution is 7.89. The summed E-state index contributed by atoms with van der Waals surface area (Å²) in [5, 5.41) is 3.48. The molecule has 3 rings (SSSR count). The Kier molecular flexibility index (Phi) is 7.55. The number of sulfonamides is 1. The fraction of sp³-hybridized carbons (Fsp3) is 0.571. The molecule has 1 N–H and O–H groups in total. The first-order valence-electron chi connectivity index (χ1n) is 10.2. The minimum atomic E-state index is -3.63. The number of carbonyl (C=O) groups excluding carboxylic acids is 1. The Morgan fingerprint density at radius 1 is 1.14 bits per heavy atom. The van der Waals surface area contributed by atoms with E-state index in [9.17, 15) is 13.2 Å². The molecule has 1 atom stereocenters. The highest BCUT2D eigenvalue weighted by atomic mass is 35.5. The van der Waals surface area contributed by atoms with Crippen molar-refractivity contribution in [2.24, 2.45) is 0 Å². The van der Waals surface area contributed by atoms with Crippen molar-refractivity contribution in [3.8, 4) is 0 Å². The molecule has 1 fully saturated rings. The van der Waals surface area contributed by atoms with Crippen molar-refractivity contribution in [2.75, 3.05) is 13.1 Å². The Morgan fingerprint density at radius 3 is 2.64 bits per heavy atom. The Hall–Kier alpha value is -1.37. The summed E-state index contributed by atoms with van der Waals surface area (Å²) in [6.07, 6.45) is 10.6. The molecule has 1 aliphatic carbocycles. The lowest BCUT2D eigenvalue weighted by molar-refractivity contribution is -0.122. The van der Waals surface area contributed by atoms with Crippen molar-refractivity contribution in [2.45, 2.75) is 68.7 Å². The van der Waals surface area contributed by atoms with Crippen molar-refractivity contribution >= 4 is 27.5 Å². The molecule has 0 saturated carbocycles. The van der Waals surface area contributed by atoms with E-state index < -0.39 is 10.0 Å². The van der Waals surface area contributed by atoms with Gasteiger partial charge in [0, 0.05) is 30.6 Å². The second-order valence-electron chi connectivity index (χ2n) is 7.63. The van der Waals surface area contributed by atoms with E-state index >= 15 is 0 Å². The molecule has 154 valence electrons. The SMILES string of the molecule is O=C(C[C@@H]1CCCCN1S(=O)(=O)c1ccc(Cl)cc1)NCCC1=CCCCC1. The number of rotatable bonds is 7. The summed E-state index contributed by atoms with van der Waals surface area (Å²) in [6, 6.07) is 5.94. The summed E-state index contributed by atoms with van der Waals surface area (Å²) >= 11 is 5.88. The van der Waals surface area contributed by atoms with Crippen LogP contribution in [0.3, 0.4) is 0 Å². The molecule has 0 radical (unpaired) electrons. The summed E-state index contributed by atoms with van der Waals surface area (Å²) < 4.78 is 27.6. The average molecular weight is 425 g/mol. The molecule has 0 aromatic heterocycles. The summed E-state index contributed by atoms with van der Waals surface area (Å²) in [5.74, 6) is -0.0698. The zero-order valence-corrected chi connectivity index (χ0v) is 17.8. The van der Waals surface area contributed by atoms with Gasteiger partial charge in [-0.05, 0) is 69.2 Å². The third kappa shape index (κ3) is 5.58. The average Bonchev–Trinajstić information content (AvgIpc) is 2.69. The maximum atomic E-state index is 13.1. The van der Waals surface area contributed by atoms with Crippen LogP contribution in [-0.4, -0.2) is 37.8 Å². The lowest BCUT2D eigenvalue weighted by Crippen LogP contribution is -2.46. The molecular weight excluding hydrogens is 396 g/mol. The zero-order chi connectivity index (χ0) is 20.0. The monoisotopic (exact) mass is 424 g/mol. The van der Waals surface area contributed by atoms with Gasteiger partial charge in [-0.1, -0.05) is 29.7 Å². The summed E-state index contributed by atoms with van der Waals surface area (Å²) in [7, 11) is -3.63. The normalized spacial score (nSPS) is 21.2. The predicted molar refractivity (Wildman–Crippen MR) is 112 cm³/mol. The number of halogens is 1. The van der Waals surface area contributed by atoms with Gasteiger partial charge >= 0.3 is 0 Å². The van der Waals surface area contributed by atoms with Crippen LogP contribution >= 0.6 is 11.6 Å². The zero-order valence-electron chi connectivity index (χ0n) is 16.2. The van der Waals surface area contributed by atoms with Crippen molar-refractivity contribution in [1.82, 2.24) is 9.62 Å². The Morgan fingerprint density at radius 2 is 1.93 bits per heavy atom. The van der Waals surface area contributed by atoms with Crippen LogP contribution in [0, 0.1) is 0 Å². The van der Waals surface area contributed by atoms with Crippen LogP contribution in [0.1, 0.15) is 57.8 Å². The van der Waals surface area contributed by atoms with E-state index in [1.54, 1.807) is 12.1 Å². The molecule has 0 bridgehead atoms. The van der Waals surface area contributed by atoms with E-state index in [0.29, 0.717) is 24.5 Å². The van der Waals surface area contributed by atoms with Crippen LogP contribution in [0.4, 0.5) is 0 Å². The van der Waals surface area contributed by atoms with Gasteiger partial charge in [0.2, 0.25) is 15.9 Å². The highest BCUT2D eigenvalue weighted by Crippen LogP contribution is 2.28. The molecule has 0 unspecified atom stereocenters. The van der Waals surface area contributed by atoms with E-state index in [2.05, 4.69) is 11.4 Å². The number of nitrogens with zero attached hydrogens (tertiary/aromatic N) is 1. The Balaban J connectivity index is 1.58. The van der Waals surface area contributed by atoms with Crippen molar-refractivity contribution in [3.05, 3.63) is 40.9 Å². The summed E-state index contributed by atoms with van der Waals surface area (Å²) in [5.41, 5.74) is 1.43. The van der Waals surface area contributed by atoms with E-state index in [0.717, 1.165) is 32.1 Å². The summed E-state index contributed by atoms with van der Waals surface area (Å²) in [4.78, 5) is 12.7. The molecular formula is C21H29ClN2O3S. The molecule has 7 heteroatoms. The fourth-order valence-electron chi connectivity index (χ4n) is 4.02. The molecule has 2 aliphatic rings. The van der Waals surface area contributed by atoms with Crippen molar-refractivity contribution < 1.29 is 13.2 Å². The molecule has 5 nitrogen and oxygen atoms in total.